The molecule has 0 amide bonds. The fraction of sp³-hybridized carbons (Fsp3) is 0.500. The lowest BCUT2D eigenvalue weighted by Crippen LogP contribution is -2.38. The number of ether oxygens (including phenoxy) is 2. The predicted molar refractivity (Wildman–Crippen MR) is 144 cm³/mol. The lowest BCUT2D eigenvalue weighted by Gasteiger charge is -2.20. The molecule has 0 unspecified atom stereocenters. The fourth-order valence-electron chi connectivity index (χ4n) is 4.96. The number of aromatic nitrogens is 8. The number of imidazole rings is 2. The third-order valence-electron chi connectivity index (χ3n) is 6.87. The van der Waals surface area contributed by atoms with Crippen LogP contribution in [-0.4, -0.2) is 88.7 Å². The molecule has 0 bridgehead atoms. The first-order valence-electron chi connectivity index (χ1n) is 12.7. The molecule has 0 saturated carbocycles. The molecule has 0 aliphatic carbocycles. The Kier molecular flexibility index (Phi) is 7.64. The highest BCUT2D eigenvalue weighted by molar-refractivity contribution is 7.84. The lowest BCUT2D eigenvalue weighted by atomic mass is 10.2. The second-order valence-electron chi connectivity index (χ2n) is 9.74. The first kappa shape index (κ1) is 29.5. The quantitative estimate of drug-likeness (QED) is 0.106. The van der Waals surface area contributed by atoms with Gasteiger partial charge >= 0.3 is 18.1 Å². The van der Waals surface area contributed by atoms with Gasteiger partial charge in [0, 0.05) is 13.0 Å². The van der Waals surface area contributed by atoms with Gasteiger partial charge in [-0.2, -0.15) is 18.1 Å². The number of aromatic amines is 1. The van der Waals surface area contributed by atoms with Crippen LogP contribution in [0.1, 0.15) is 31.7 Å². The molecule has 0 spiro atoms. The maximum absolute atomic E-state index is 12.9. The Morgan fingerprint density at radius 1 is 1.07 bits per heavy atom. The Morgan fingerprint density at radius 2 is 1.81 bits per heavy atom. The van der Waals surface area contributed by atoms with Gasteiger partial charge in [-0.25, -0.2) is 24.5 Å². The number of rotatable bonds is 10. The summed E-state index contributed by atoms with van der Waals surface area (Å²) in [6.45, 7) is -0.842. The first-order valence-corrected chi connectivity index (χ1v) is 15.6. The Hall–Kier alpha value is -3.60. The number of phosphoric acid groups is 1. The minimum Gasteiger partial charge on any atom is -0.382 e. The number of fused-ring (bicyclic) bond motifs is 2. The summed E-state index contributed by atoms with van der Waals surface area (Å²) in [7, 11) is -9.36. The summed E-state index contributed by atoms with van der Waals surface area (Å²) in [5.41, 5.74) is 11.8. The average molecular weight is 644 g/mol. The van der Waals surface area contributed by atoms with E-state index in [1.807, 2.05) is 0 Å². The van der Waals surface area contributed by atoms with Crippen molar-refractivity contribution in [3.63, 3.8) is 0 Å². The van der Waals surface area contributed by atoms with Gasteiger partial charge in [-0.3, -0.25) is 27.6 Å². The molecule has 8 N–H and O–H groups in total. The highest BCUT2D eigenvalue weighted by Crippen LogP contribution is 2.39. The Balaban J connectivity index is 1.12. The Labute approximate surface area is 241 Å². The number of nitrogens with one attached hydrogen (secondary N) is 2. The zero-order valence-corrected chi connectivity index (χ0v) is 23.7. The van der Waals surface area contributed by atoms with Crippen molar-refractivity contribution in [3.05, 3.63) is 29.3 Å². The van der Waals surface area contributed by atoms with E-state index < -0.39 is 61.1 Å². The van der Waals surface area contributed by atoms with Crippen LogP contribution in [0.5, 0.6) is 0 Å². The lowest BCUT2D eigenvalue weighted by molar-refractivity contribution is -0.0381. The van der Waals surface area contributed by atoms with Gasteiger partial charge in [0.15, 0.2) is 22.6 Å². The number of hydrogen-bond donors (Lipinski definition) is 6. The summed E-state index contributed by atoms with van der Waals surface area (Å²) in [6.07, 6.45) is 0.494. The number of phosphoric ester groups is 1. The predicted octanol–water partition coefficient (Wildman–Crippen LogP) is -1.58. The van der Waals surface area contributed by atoms with E-state index in [1.54, 1.807) is 4.57 Å². The van der Waals surface area contributed by atoms with Gasteiger partial charge in [0.25, 0.3) is 5.56 Å². The van der Waals surface area contributed by atoms with E-state index in [0.717, 1.165) is 0 Å². The number of hydrogen-bond acceptors (Lipinski definition) is 15. The second kappa shape index (κ2) is 11.2. The number of anilines is 2. The standard InChI is InChI=1S/C20H26N11O10PS/c21-16-14-17(24-6-23-16)30(7-25-14)12-2-1-9(39-12)4-27-43(36,37)41-10-3-13(40-11(10)5-38-42(33,34)35)31-8-26-15-18(31)28-20(22)29-19(15)32/h6-13,27H,1-5H2,(H2,21,23,24)(H2,33,34,35)(H3,22,28,29,32)/t9-,10-,11+,12+,13+/m0/s1. The van der Waals surface area contributed by atoms with Crippen LogP contribution in [-0.2, 0) is 33.0 Å². The molecule has 21 nitrogen and oxygen atoms in total. The van der Waals surface area contributed by atoms with Crippen molar-refractivity contribution < 1.29 is 41.0 Å². The normalized spacial score (nSPS) is 24.8. The van der Waals surface area contributed by atoms with Crippen LogP contribution in [0.25, 0.3) is 22.3 Å². The van der Waals surface area contributed by atoms with Gasteiger partial charge in [-0.1, -0.05) is 0 Å². The van der Waals surface area contributed by atoms with Crippen LogP contribution in [0.2, 0.25) is 0 Å². The number of nitrogens with zero attached hydrogens (tertiary/aromatic N) is 7. The smallest absolute Gasteiger partial charge is 0.382 e. The van der Waals surface area contributed by atoms with Crippen LogP contribution in [0, 0.1) is 0 Å². The van der Waals surface area contributed by atoms with Gasteiger partial charge in [0.2, 0.25) is 5.95 Å². The number of nitrogens with two attached hydrogens (primary N) is 2. The van der Waals surface area contributed by atoms with Crippen LogP contribution < -0.4 is 21.7 Å². The molecule has 23 heteroatoms. The maximum Gasteiger partial charge on any atom is 0.469 e. The third kappa shape index (κ3) is 6.23. The summed E-state index contributed by atoms with van der Waals surface area (Å²) in [4.78, 5) is 53.2. The van der Waals surface area contributed by atoms with E-state index in [9.17, 15) is 17.8 Å². The van der Waals surface area contributed by atoms with E-state index in [-0.39, 0.29) is 35.9 Å². The van der Waals surface area contributed by atoms with Crippen molar-refractivity contribution >= 4 is 52.2 Å². The topological polar surface area (TPSA) is 300 Å². The van der Waals surface area contributed by atoms with Crippen molar-refractivity contribution in [3.8, 4) is 0 Å². The molecule has 6 rings (SSSR count). The molecule has 6 heterocycles. The van der Waals surface area contributed by atoms with Crippen molar-refractivity contribution in [2.45, 2.75) is 50.0 Å². The zero-order valence-electron chi connectivity index (χ0n) is 22.0. The molecular weight excluding hydrogens is 617 g/mol. The van der Waals surface area contributed by atoms with Crippen molar-refractivity contribution in [2.24, 2.45) is 0 Å². The SMILES string of the molecule is Nc1nc2c(ncn2[C@H]2C[C@H](OS(=O)(=O)NC[C@@H]3CC[C@H](n4cnc5c(N)ncnc54)O3)[C@@H](COP(=O)(O)O)O2)c(=O)[nH]1. The van der Waals surface area contributed by atoms with E-state index in [2.05, 4.69) is 39.1 Å². The van der Waals surface area contributed by atoms with Crippen LogP contribution in [0.3, 0.4) is 0 Å². The molecule has 2 aliphatic heterocycles. The van der Waals surface area contributed by atoms with Crippen molar-refractivity contribution in [2.75, 3.05) is 24.6 Å². The molecule has 2 fully saturated rings. The fourth-order valence-corrected chi connectivity index (χ4v) is 6.29. The Bertz CT molecular complexity index is 1870. The molecule has 0 aromatic carbocycles. The first-order chi connectivity index (χ1) is 20.4. The molecule has 5 atom stereocenters. The molecule has 0 radical (unpaired) electrons. The minimum atomic E-state index is -4.93. The monoisotopic (exact) mass is 643 g/mol. The van der Waals surface area contributed by atoms with Gasteiger partial charge in [0.1, 0.15) is 36.5 Å². The van der Waals surface area contributed by atoms with E-state index in [1.165, 1.54) is 23.5 Å². The van der Waals surface area contributed by atoms with Gasteiger partial charge in [-0.05, 0) is 12.8 Å². The zero-order chi connectivity index (χ0) is 30.5. The van der Waals surface area contributed by atoms with Crippen molar-refractivity contribution in [1.29, 1.82) is 0 Å². The van der Waals surface area contributed by atoms with Gasteiger partial charge in [-0.15, -0.1) is 0 Å². The number of H-pyrrole nitrogens is 1. The second-order valence-corrected chi connectivity index (χ2v) is 12.4. The molecule has 4 aromatic heterocycles. The Morgan fingerprint density at radius 3 is 2.58 bits per heavy atom. The maximum atomic E-state index is 12.9. The molecule has 4 aromatic rings. The molecular formula is C20H26N11O10PS. The van der Waals surface area contributed by atoms with Crippen LogP contribution >= 0.6 is 7.82 Å². The summed E-state index contributed by atoms with van der Waals surface area (Å²) in [5, 5.41) is 0. The highest BCUT2D eigenvalue weighted by atomic mass is 32.2. The molecule has 232 valence electrons. The average Bonchev–Trinajstić information content (AvgIpc) is 3.71. The third-order valence-corrected chi connectivity index (χ3v) is 8.38. The largest absolute Gasteiger partial charge is 0.469 e. The highest BCUT2D eigenvalue weighted by Gasteiger charge is 2.42. The summed E-state index contributed by atoms with van der Waals surface area (Å²) in [6, 6.07) is 0. The van der Waals surface area contributed by atoms with E-state index in [4.69, 9.17) is 34.9 Å². The van der Waals surface area contributed by atoms with E-state index in [0.29, 0.717) is 24.0 Å². The molecule has 2 saturated heterocycles. The van der Waals surface area contributed by atoms with E-state index >= 15 is 0 Å². The summed E-state index contributed by atoms with van der Waals surface area (Å²) >= 11 is 0. The molecule has 43 heavy (non-hydrogen) atoms. The minimum absolute atomic E-state index is 0.0473. The summed E-state index contributed by atoms with van der Waals surface area (Å²) in [5.74, 6) is 0.0364. The number of nitrogen functional groups attached to an aromatic ring is 2. The van der Waals surface area contributed by atoms with Gasteiger partial charge in [0.05, 0.1) is 25.4 Å². The van der Waals surface area contributed by atoms with Gasteiger partial charge < -0.3 is 30.7 Å². The van der Waals surface area contributed by atoms with Crippen LogP contribution in [0.15, 0.2) is 23.8 Å². The van der Waals surface area contributed by atoms with Crippen molar-refractivity contribution in [1.82, 2.24) is 43.8 Å². The molecule has 2 aliphatic rings. The van der Waals surface area contributed by atoms with Crippen LogP contribution in [0.4, 0.5) is 11.8 Å². The summed E-state index contributed by atoms with van der Waals surface area (Å²) < 4.78 is 64.3.